The SMILES string of the molecule is CCNC(=NCc1ccccc1CN1CCCCCC1)NC1CCN(C2CC2)CC1.I. The molecule has 31 heavy (non-hydrogen) atoms. The highest BCUT2D eigenvalue weighted by Gasteiger charge is 2.31. The number of nitrogens with one attached hydrogen (secondary N) is 2. The highest BCUT2D eigenvalue weighted by molar-refractivity contribution is 14.0. The van der Waals surface area contributed by atoms with Gasteiger partial charge in [-0.2, -0.15) is 0 Å². The van der Waals surface area contributed by atoms with Crippen molar-refractivity contribution < 1.29 is 0 Å². The molecule has 3 fully saturated rings. The standard InChI is InChI=1S/C25H41N5.HI/c1-2-26-25(28-23-13-17-30(18-14-23)24-11-12-24)27-19-21-9-5-6-10-22(21)20-29-15-7-3-4-8-16-29;/h5-6,9-10,23-24H,2-4,7-8,11-20H2,1H3,(H2,26,27,28);1H. The second-order valence-electron chi connectivity index (χ2n) is 9.34. The van der Waals surface area contributed by atoms with E-state index in [4.69, 9.17) is 4.99 Å². The first-order valence-electron chi connectivity index (χ1n) is 12.4. The number of piperidine rings is 1. The number of likely N-dealkylation sites (tertiary alicyclic amines) is 2. The third kappa shape index (κ3) is 7.90. The maximum atomic E-state index is 4.98. The van der Waals surface area contributed by atoms with Crippen molar-refractivity contribution in [1.82, 2.24) is 20.4 Å². The van der Waals surface area contributed by atoms with Crippen LogP contribution in [-0.4, -0.2) is 60.6 Å². The van der Waals surface area contributed by atoms with Gasteiger partial charge in [-0.3, -0.25) is 4.90 Å². The number of aliphatic imine (C=N–C) groups is 1. The molecule has 2 heterocycles. The zero-order chi connectivity index (χ0) is 20.6. The average molecular weight is 540 g/mol. The molecule has 6 heteroatoms. The van der Waals surface area contributed by atoms with Crippen LogP contribution >= 0.6 is 24.0 Å². The van der Waals surface area contributed by atoms with Crippen molar-refractivity contribution in [2.75, 3.05) is 32.7 Å². The second-order valence-corrected chi connectivity index (χ2v) is 9.34. The summed E-state index contributed by atoms with van der Waals surface area (Å²) in [6.07, 6.45) is 10.7. The van der Waals surface area contributed by atoms with Crippen LogP contribution in [0.4, 0.5) is 0 Å². The van der Waals surface area contributed by atoms with E-state index in [1.54, 1.807) is 0 Å². The molecule has 4 rings (SSSR count). The minimum absolute atomic E-state index is 0. The largest absolute Gasteiger partial charge is 0.357 e. The summed E-state index contributed by atoms with van der Waals surface area (Å²) >= 11 is 0. The van der Waals surface area contributed by atoms with E-state index in [9.17, 15) is 0 Å². The van der Waals surface area contributed by atoms with Gasteiger partial charge in [-0.05, 0) is 69.7 Å². The highest BCUT2D eigenvalue weighted by Crippen LogP contribution is 2.29. The smallest absolute Gasteiger partial charge is 0.191 e. The first-order chi connectivity index (χ1) is 14.8. The van der Waals surface area contributed by atoms with Crippen molar-refractivity contribution in [2.45, 2.75) is 83.5 Å². The number of halogens is 1. The van der Waals surface area contributed by atoms with Crippen LogP contribution in [-0.2, 0) is 13.1 Å². The monoisotopic (exact) mass is 539 g/mol. The Morgan fingerprint density at radius 3 is 2.26 bits per heavy atom. The van der Waals surface area contributed by atoms with Crippen molar-refractivity contribution in [1.29, 1.82) is 0 Å². The van der Waals surface area contributed by atoms with Gasteiger partial charge in [0.25, 0.3) is 0 Å². The molecule has 0 unspecified atom stereocenters. The molecular weight excluding hydrogens is 497 g/mol. The molecule has 2 aliphatic heterocycles. The molecule has 5 nitrogen and oxygen atoms in total. The van der Waals surface area contributed by atoms with E-state index >= 15 is 0 Å². The van der Waals surface area contributed by atoms with Crippen LogP contribution in [0.2, 0.25) is 0 Å². The fraction of sp³-hybridized carbons (Fsp3) is 0.720. The molecule has 174 valence electrons. The molecule has 3 aliphatic rings. The van der Waals surface area contributed by atoms with Gasteiger partial charge in [-0.15, -0.1) is 24.0 Å². The van der Waals surface area contributed by atoms with Crippen LogP contribution in [0.1, 0.15) is 69.4 Å². The normalized spacial score (nSPS) is 21.9. The van der Waals surface area contributed by atoms with Crippen molar-refractivity contribution >= 4 is 29.9 Å². The van der Waals surface area contributed by atoms with Crippen LogP contribution in [0.25, 0.3) is 0 Å². The average Bonchev–Trinajstić information content (AvgIpc) is 3.62. The van der Waals surface area contributed by atoms with Crippen molar-refractivity contribution in [2.24, 2.45) is 4.99 Å². The summed E-state index contributed by atoms with van der Waals surface area (Å²) < 4.78 is 0. The van der Waals surface area contributed by atoms with Crippen molar-refractivity contribution in [3.8, 4) is 0 Å². The molecule has 0 radical (unpaired) electrons. The Balaban J connectivity index is 0.00000272. The van der Waals surface area contributed by atoms with Crippen LogP contribution < -0.4 is 10.6 Å². The molecule has 0 spiro atoms. The Kier molecular flexibility index (Phi) is 10.4. The summed E-state index contributed by atoms with van der Waals surface area (Å²) in [5.74, 6) is 0.979. The number of benzene rings is 1. The number of hydrogen-bond acceptors (Lipinski definition) is 3. The molecule has 1 aliphatic carbocycles. The fourth-order valence-electron chi connectivity index (χ4n) is 4.93. The number of hydrogen-bond donors (Lipinski definition) is 2. The third-order valence-corrected chi connectivity index (χ3v) is 6.90. The zero-order valence-corrected chi connectivity index (χ0v) is 21.7. The molecule has 0 aromatic heterocycles. The van der Waals surface area contributed by atoms with Gasteiger partial charge in [0.1, 0.15) is 0 Å². The van der Waals surface area contributed by atoms with Gasteiger partial charge in [0, 0.05) is 38.3 Å². The molecule has 2 N–H and O–H groups in total. The lowest BCUT2D eigenvalue weighted by Gasteiger charge is -2.33. The Morgan fingerprint density at radius 2 is 1.61 bits per heavy atom. The van der Waals surface area contributed by atoms with Crippen LogP contribution in [0.5, 0.6) is 0 Å². The van der Waals surface area contributed by atoms with Crippen molar-refractivity contribution in [3.63, 3.8) is 0 Å². The quantitative estimate of drug-likeness (QED) is 0.307. The van der Waals surface area contributed by atoms with Gasteiger partial charge in [0.15, 0.2) is 5.96 Å². The number of nitrogens with zero attached hydrogens (tertiary/aromatic N) is 3. The summed E-state index contributed by atoms with van der Waals surface area (Å²) in [7, 11) is 0. The van der Waals surface area contributed by atoms with E-state index in [0.717, 1.165) is 31.6 Å². The van der Waals surface area contributed by atoms with E-state index in [2.05, 4.69) is 51.6 Å². The van der Waals surface area contributed by atoms with E-state index in [0.29, 0.717) is 6.04 Å². The molecular formula is C25H42IN5. The number of rotatable bonds is 7. The maximum absolute atomic E-state index is 4.98. The molecule has 1 aromatic rings. The number of guanidine groups is 1. The van der Waals surface area contributed by atoms with Gasteiger partial charge in [-0.25, -0.2) is 4.99 Å². The first-order valence-corrected chi connectivity index (χ1v) is 12.4. The second kappa shape index (κ2) is 13.0. The van der Waals surface area contributed by atoms with Gasteiger partial charge in [-0.1, -0.05) is 37.1 Å². The lowest BCUT2D eigenvalue weighted by molar-refractivity contribution is 0.197. The molecule has 1 aromatic carbocycles. The fourth-order valence-corrected chi connectivity index (χ4v) is 4.93. The first kappa shape index (κ1) is 24.8. The minimum Gasteiger partial charge on any atom is -0.357 e. The maximum Gasteiger partial charge on any atom is 0.191 e. The van der Waals surface area contributed by atoms with E-state index < -0.39 is 0 Å². The summed E-state index contributed by atoms with van der Waals surface area (Å²) in [4.78, 5) is 10.3. The van der Waals surface area contributed by atoms with Crippen molar-refractivity contribution in [3.05, 3.63) is 35.4 Å². The molecule has 0 amide bonds. The Bertz CT molecular complexity index is 674. The lowest BCUT2D eigenvalue weighted by atomic mass is 10.1. The van der Waals surface area contributed by atoms with Gasteiger partial charge >= 0.3 is 0 Å². The summed E-state index contributed by atoms with van der Waals surface area (Å²) in [6.45, 7) is 9.82. The minimum atomic E-state index is 0. The van der Waals surface area contributed by atoms with Gasteiger partial charge < -0.3 is 15.5 Å². The predicted molar refractivity (Wildman–Crippen MR) is 141 cm³/mol. The Hall–Kier alpha value is -0.860. The van der Waals surface area contributed by atoms with E-state index in [1.165, 1.54) is 88.7 Å². The van der Waals surface area contributed by atoms with Gasteiger partial charge in [0.2, 0.25) is 0 Å². The summed E-state index contributed by atoms with van der Waals surface area (Å²) in [5, 5.41) is 7.19. The van der Waals surface area contributed by atoms with E-state index in [1.807, 2.05) is 0 Å². The highest BCUT2D eigenvalue weighted by atomic mass is 127. The van der Waals surface area contributed by atoms with Gasteiger partial charge in [0.05, 0.1) is 6.54 Å². The Morgan fingerprint density at radius 1 is 0.935 bits per heavy atom. The topological polar surface area (TPSA) is 42.9 Å². The molecule has 1 saturated carbocycles. The summed E-state index contributed by atoms with van der Waals surface area (Å²) in [5.41, 5.74) is 2.80. The summed E-state index contributed by atoms with van der Waals surface area (Å²) in [6, 6.07) is 10.3. The predicted octanol–water partition coefficient (Wildman–Crippen LogP) is 4.36. The molecule has 0 atom stereocenters. The van der Waals surface area contributed by atoms with Crippen LogP contribution in [0.3, 0.4) is 0 Å². The van der Waals surface area contributed by atoms with Crippen LogP contribution in [0.15, 0.2) is 29.3 Å². The molecule has 2 saturated heterocycles. The van der Waals surface area contributed by atoms with E-state index in [-0.39, 0.29) is 24.0 Å². The third-order valence-electron chi connectivity index (χ3n) is 6.90. The Labute approximate surface area is 206 Å². The van der Waals surface area contributed by atoms with Crippen LogP contribution in [0, 0.1) is 0 Å². The zero-order valence-electron chi connectivity index (χ0n) is 19.3. The molecule has 0 bridgehead atoms. The lowest BCUT2D eigenvalue weighted by Crippen LogP contribution is -2.49.